The van der Waals surface area contributed by atoms with E-state index in [0.717, 1.165) is 40.7 Å². The van der Waals surface area contributed by atoms with Crippen LogP contribution < -0.4 is 0 Å². The fourth-order valence-corrected chi connectivity index (χ4v) is 3.65. The predicted octanol–water partition coefficient (Wildman–Crippen LogP) is 5.29. The Bertz CT molecular complexity index is 470. The van der Waals surface area contributed by atoms with E-state index in [4.69, 9.17) is 11.6 Å². The van der Waals surface area contributed by atoms with Crippen LogP contribution in [0.3, 0.4) is 0 Å². The largest absolute Gasteiger partial charge is 0.299 e. The standard InChI is InChI=1S/C16H20BrClO/c1-10(2)11-4-6-16(19)13(7-11)8-12-3-5-14(17)9-15(12)18/h3,5,9-11,13H,4,6-8H2,1-2H3. The average molecular weight is 344 g/mol. The molecule has 1 fully saturated rings. The van der Waals surface area contributed by atoms with Crippen molar-refractivity contribution >= 4 is 33.3 Å². The first-order valence-corrected chi connectivity index (χ1v) is 8.11. The fourth-order valence-electron chi connectivity index (χ4n) is 2.90. The zero-order valence-electron chi connectivity index (χ0n) is 11.5. The summed E-state index contributed by atoms with van der Waals surface area (Å²) < 4.78 is 0.983. The molecule has 0 aliphatic heterocycles. The second kappa shape index (κ2) is 6.41. The van der Waals surface area contributed by atoms with E-state index in [1.54, 1.807) is 0 Å². The lowest BCUT2D eigenvalue weighted by Gasteiger charge is -2.30. The van der Waals surface area contributed by atoms with Gasteiger partial charge in [0.2, 0.25) is 0 Å². The molecular weight excluding hydrogens is 324 g/mol. The van der Waals surface area contributed by atoms with Crippen LogP contribution in [-0.2, 0) is 11.2 Å². The first-order chi connectivity index (χ1) is 8.97. The smallest absolute Gasteiger partial charge is 0.136 e. The number of ketones is 1. The zero-order chi connectivity index (χ0) is 14.0. The third-order valence-electron chi connectivity index (χ3n) is 4.23. The van der Waals surface area contributed by atoms with Crippen LogP contribution >= 0.6 is 27.5 Å². The number of halogens is 2. The molecule has 1 nitrogen and oxygen atoms in total. The Hall–Kier alpha value is -0.340. The normalized spacial score (nSPS) is 23.9. The highest BCUT2D eigenvalue weighted by atomic mass is 79.9. The highest BCUT2D eigenvalue weighted by Crippen LogP contribution is 2.34. The molecule has 0 bridgehead atoms. The van der Waals surface area contributed by atoms with Crippen molar-refractivity contribution in [1.82, 2.24) is 0 Å². The summed E-state index contributed by atoms with van der Waals surface area (Å²) in [5, 5.41) is 0.758. The lowest BCUT2D eigenvalue weighted by Crippen LogP contribution is -2.29. The number of hydrogen-bond acceptors (Lipinski definition) is 1. The molecule has 1 aromatic carbocycles. The van der Waals surface area contributed by atoms with Gasteiger partial charge in [0.1, 0.15) is 5.78 Å². The number of benzene rings is 1. The minimum atomic E-state index is 0.153. The van der Waals surface area contributed by atoms with E-state index in [0.29, 0.717) is 17.6 Å². The topological polar surface area (TPSA) is 17.1 Å². The lowest BCUT2D eigenvalue weighted by atomic mass is 9.73. The number of carbonyl (C=O) groups excluding carboxylic acids is 1. The van der Waals surface area contributed by atoms with Crippen molar-refractivity contribution in [3.63, 3.8) is 0 Å². The van der Waals surface area contributed by atoms with Crippen LogP contribution in [0.1, 0.15) is 38.7 Å². The summed E-state index contributed by atoms with van der Waals surface area (Å²) in [5.41, 5.74) is 1.09. The molecule has 1 aromatic rings. The quantitative estimate of drug-likeness (QED) is 0.729. The molecule has 0 heterocycles. The van der Waals surface area contributed by atoms with Crippen molar-refractivity contribution in [3.05, 3.63) is 33.3 Å². The maximum Gasteiger partial charge on any atom is 0.136 e. The Balaban J connectivity index is 2.10. The molecule has 3 heteroatoms. The monoisotopic (exact) mass is 342 g/mol. The summed E-state index contributed by atoms with van der Waals surface area (Å²) in [7, 11) is 0. The maximum absolute atomic E-state index is 12.1. The van der Waals surface area contributed by atoms with Gasteiger partial charge >= 0.3 is 0 Å². The number of hydrogen-bond donors (Lipinski definition) is 0. The molecular formula is C16H20BrClO. The Morgan fingerprint density at radius 2 is 2.16 bits per heavy atom. The van der Waals surface area contributed by atoms with Crippen LogP contribution in [0, 0.1) is 17.8 Å². The van der Waals surface area contributed by atoms with Crippen molar-refractivity contribution < 1.29 is 4.79 Å². The summed E-state index contributed by atoms with van der Waals surface area (Å²) in [6, 6.07) is 5.93. The van der Waals surface area contributed by atoms with Crippen LogP contribution in [0.15, 0.2) is 22.7 Å². The van der Waals surface area contributed by atoms with Crippen LogP contribution in [0.5, 0.6) is 0 Å². The van der Waals surface area contributed by atoms with E-state index in [1.807, 2.05) is 18.2 Å². The Morgan fingerprint density at radius 3 is 2.79 bits per heavy atom. The summed E-state index contributed by atoms with van der Waals surface area (Å²) in [5.74, 6) is 1.91. The highest BCUT2D eigenvalue weighted by molar-refractivity contribution is 9.10. The van der Waals surface area contributed by atoms with Crippen molar-refractivity contribution in [2.24, 2.45) is 17.8 Å². The highest BCUT2D eigenvalue weighted by Gasteiger charge is 2.30. The molecule has 0 saturated heterocycles. The van der Waals surface area contributed by atoms with Gasteiger partial charge in [-0.2, -0.15) is 0 Å². The van der Waals surface area contributed by atoms with Gasteiger partial charge in [-0.3, -0.25) is 4.79 Å². The van der Waals surface area contributed by atoms with E-state index >= 15 is 0 Å². The van der Waals surface area contributed by atoms with Crippen LogP contribution in [0.25, 0.3) is 0 Å². The van der Waals surface area contributed by atoms with Crippen LogP contribution in [0.4, 0.5) is 0 Å². The van der Waals surface area contributed by atoms with Gasteiger partial charge in [0.15, 0.2) is 0 Å². The van der Waals surface area contributed by atoms with E-state index in [2.05, 4.69) is 29.8 Å². The summed E-state index contributed by atoms with van der Waals surface area (Å²) in [6.07, 6.45) is 3.60. The van der Waals surface area contributed by atoms with Gasteiger partial charge < -0.3 is 0 Å². The summed E-state index contributed by atoms with van der Waals surface area (Å²) in [6.45, 7) is 4.51. The van der Waals surface area contributed by atoms with E-state index in [9.17, 15) is 4.79 Å². The second-order valence-corrected chi connectivity index (χ2v) is 7.20. The maximum atomic E-state index is 12.1. The molecule has 2 rings (SSSR count). The van der Waals surface area contributed by atoms with E-state index < -0.39 is 0 Å². The van der Waals surface area contributed by atoms with Crippen molar-refractivity contribution in [3.8, 4) is 0 Å². The molecule has 0 spiro atoms. The molecule has 1 aliphatic carbocycles. The first kappa shape index (κ1) is 15.1. The Morgan fingerprint density at radius 1 is 1.42 bits per heavy atom. The van der Waals surface area contributed by atoms with E-state index in [-0.39, 0.29) is 5.92 Å². The zero-order valence-corrected chi connectivity index (χ0v) is 13.8. The van der Waals surface area contributed by atoms with Crippen molar-refractivity contribution in [2.75, 3.05) is 0 Å². The van der Waals surface area contributed by atoms with Gasteiger partial charge in [-0.1, -0.05) is 47.4 Å². The van der Waals surface area contributed by atoms with Crippen LogP contribution in [0.2, 0.25) is 5.02 Å². The van der Waals surface area contributed by atoms with Gasteiger partial charge in [0, 0.05) is 21.8 Å². The van der Waals surface area contributed by atoms with Crippen LogP contribution in [-0.4, -0.2) is 5.78 Å². The van der Waals surface area contributed by atoms with E-state index in [1.165, 1.54) is 0 Å². The molecule has 0 N–H and O–H groups in total. The van der Waals surface area contributed by atoms with Crippen molar-refractivity contribution in [2.45, 2.75) is 39.5 Å². The molecule has 2 atom stereocenters. The molecule has 0 amide bonds. The number of carbonyl (C=O) groups is 1. The third kappa shape index (κ3) is 3.82. The number of Topliss-reactive ketones (excluding diaryl/α,β-unsaturated/α-hetero) is 1. The molecule has 19 heavy (non-hydrogen) atoms. The molecule has 0 aromatic heterocycles. The Kier molecular flexibility index (Phi) is 5.08. The Labute approximate surface area is 128 Å². The van der Waals surface area contributed by atoms with Crippen molar-refractivity contribution in [1.29, 1.82) is 0 Å². The van der Waals surface area contributed by atoms with Gasteiger partial charge in [0.25, 0.3) is 0 Å². The minimum Gasteiger partial charge on any atom is -0.299 e. The summed E-state index contributed by atoms with van der Waals surface area (Å²) in [4.78, 5) is 12.1. The van der Waals surface area contributed by atoms with Gasteiger partial charge in [-0.05, 0) is 48.8 Å². The third-order valence-corrected chi connectivity index (χ3v) is 5.07. The first-order valence-electron chi connectivity index (χ1n) is 6.94. The predicted molar refractivity (Wildman–Crippen MR) is 83.5 cm³/mol. The average Bonchev–Trinajstić information content (AvgIpc) is 2.34. The van der Waals surface area contributed by atoms with Gasteiger partial charge in [-0.15, -0.1) is 0 Å². The molecule has 1 saturated carbocycles. The second-order valence-electron chi connectivity index (χ2n) is 5.88. The fraction of sp³-hybridized carbons (Fsp3) is 0.562. The SMILES string of the molecule is CC(C)C1CCC(=O)C(Cc2ccc(Br)cc2Cl)C1. The van der Waals surface area contributed by atoms with Gasteiger partial charge in [0.05, 0.1) is 0 Å². The minimum absolute atomic E-state index is 0.153. The lowest BCUT2D eigenvalue weighted by molar-refractivity contribution is -0.125. The summed E-state index contributed by atoms with van der Waals surface area (Å²) >= 11 is 9.66. The molecule has 104 valence electrons. The molecule has 0 radical (unpaired) electrons. The molecule has 2 unspecified atom stereocenters. The number of rotatable bonds is 3. The van der Waals surface area contributed by atoms with Gasteiger partial charge in [-0.25, -0.2) is 0 Å². The molecule has 1 aliphatic rings.